The quantitative estimate of drug-likeness (QED) is 0.489. The van der Waals surface area contributed by atoms with Gasteiger partial charge in [-0.2, -0.15) is 0 Å². The minimum Gasteiger partial charge on any atom is -0.478 e. The van der Waals surface area contributed by atoms with Crippen LogP contribution in [0.25, 0.3) is 0 Å². The first-order valence-electron chi connectivity index (χ1n) is 11.6. The van der Waals surface area contributed by atoms with Gasteiger partial charge in [0.1, 0.15) is 5.76 Å². The topological polar surface area (TPSA) is 132 Å². The normalized spacial score (nSPS) is 15.9. The molecule has 1 atom stereocenters. The molecule has 0 amide bonds. The molecule has 37 heavy (non-hydrogen) atoms. The van der Waals surface area contributed by atoms with Crippen molar-refractivity contribution < 1.29 is 14.6 Å². The van der Waals surface area contributed by atoms with E-state index in [4.69, 9.17) is 21.4 Å². The largest absolute Gasteiger partial charge is 0.478 e. The number of carboxylic acids is 1. The summed E-state index contributed by atoms with van der Waals surface area (Å²) in [6.45, 7) is 5.75. The Hall–Kier alpha value is -4.18. The number of allylic oxidation sites excluding steroid dienone is 1. The molecule has 192 valence electrons. The summed E-state index contributed by atoms with van der Waals surface area (Å²) in [6.07, 6.45) is 4.83. The maximum absolute atomic E-state index is 13.3. The second kappa shape index (κ2) is 10.8. The molecular formula is C26H26ClN5O5. The first-order valence-corrected chi connectivity index (χ1v) is 12.0. The SMILES string of the molecule is Cc1ccc(Cn2c(=O)n(C(C)C)c(=O)[nH]/c2=N\C2C=CC(Oc3ccc(C(=O)O)cn3)=C(Cl)C2)cc1. The third kappa shape index (κ3) is 5.97. The summed E-state index contributed by atoms with van der Waals surface area (Å²) in [7, 11) is 0. The van der Waals surface area contributed by atoms with E-state index in [1.165, 1.54) is 22.9 Å². The van der Waals surface area contributed by atoms with Crippen molar-refractivity contribution in [1.82, 2.24) is 19.1 Å². The van der Waals surface area contributed by atoms with Crippen molar-refractivity contribution in [2.45, 2.75) is 45.8 Å². The first kappa shape index (κ1) is 25.9. The number of carbonyl (C=O) groups is 1. The minimum atomic E-state index is -1.09. The number of hydrogen-bond acceptors (Lipinski definition) is 6. The van der Waals surface area contributed by atoms with Crippen LogP contribution in [0.5, 0.6) is 5.88 Å². The van der Waals surface area contributed by atoms with Crippen molar-refractivity contribution in [3.63, 3.8) is 0 Å². The fourth-order valence-corrected chi connectivity index (χ4v) is 4.02. The predicted octanol–water partition coefficient (Wildman–Crippen LogP) is 3.13. The van der Waals surface area contributed by atoms with Crippen molar-refractivity contribution in [2.24, 2.45) is 4.99 Å². The molecule has 2 aromatic heterocycles. The number of ether oxygens (including phenoxy) is 1. The summed E-state index contributed by atoms with van der Waals surface area (Å²) >= 11 is 6.47. The fourth-order valence-electron chi connectivity index (χ4n) is 3.76. The Labute approximate surface area is 216 Å². The highest BCUT2D eigenvalue weighted by molar-refractivity contribution is 6.30. The first-order chi connectivity index (χ1) is 17.6. The third-order valence-electron chi connectivity index (χ3n) is 5.72. The second-order valence-corrected chi connectivity index (χ2v) is 9.35. The standard InChI is InChI=1S/C26H26ClN5O5/c1-15(2)32-25(35)30-24(31(26(32)36)14-17-6-4-16(3)5-7-17)29-19-9-10-21(20(27)12-19)37-22-11-8-18(13-28-22)23(33)34/h4-11,13,15,19H,12,14H2,1-3H3,(H,33,34)(H,29,30,35). The van der Waals surface area contributed by atoms with Crippen molar-refractivity contribution in [3.8, 4) is 5.88 Å². The number of H-pyrrole nitrogens is 1. The van der Waals surface area contributed by atoms with Gasteiger partial charge in [-0.25, -0.2) is 28.9 Å². The van der Waals surface area contributed by atoms with Crippen LogP contribution in [0.1, 0.15) is 47.8 Å². The Bertz CT molecular complexity index is 1560. The number of aryl methyl sites for hydroxylation is 1. The molecule has 2 N–H and O–H groups in total. The molecule has 0 saturated carbocycles. The molecule has 1 unspecified atom stereocenters. The molecule has 0 bridgehead atoms. The Morgan fingerprint density at radius 1 is 1.24 bits per heavy atom. The number of halogens is 1. The van der Waals surface area contributed by atoms with Gasteiger partial charge in [-0.15, -0.1) is 0 Å². The van der Waals surface area contributed by atoms with Gasteiger partial charge in [0, 0.05) is 24.7 Å². The van der Waals surface area contributed by atoms with Gasteiger partial charge in [0.2, 0.25) is 11.5 Å². The molecule has 10 nitrogen and oxygen atoms in total. The summed E-state index contributed by atoms with van der Waals surface area (Å²) in [6, 6.07) is 9.79. The van der Waals surface area contributed by atoms with Crippen LogP contribution in [0.3, 0.4) is 0 Å². The van der Waals surface area contributed by atoms with E-state index in [2.05, 4.69) is 15.0 Å². The Morgan fingerprint density at radius 3 is 2.57 bits per heavy atom. The van der Waals surface area contributed by atoms with Gasteiger partial charge < -0.3 is 9.84 Å². The van der Waals surface area contributed by atoms with Gasteiger partial charge in [0.05, 0.1) is 23.2 Å². The highest BCUT2D eigenvalue weighted by Gasteiger charge is 2.18. The predicted molar refractivity (Wildman–Crippen MR) is 138 cm³/mol. The van der Waals surface area contributed by atoms with E-state index in [1.807, 2.05) is 31.2 Å². The maximum atomic E-state index is 13.3. The van der Waals surface area contributed by atoms with Gasteiger partial charge in [0.25, 0.3) is 0 Å². The molecule has 4 rings (SSSR count). The summed E-state index contributed by atoms with van der Waals surface area (Å²) in [5, 5.41) is 9.37. The van der Waals surface area contributed by atoms with Crippen LogP contribution >= 0.6 is 11.6 Å². The average molecular weight is 524 g/mol. The van der Waals surface area contributed by atoms with Gasteiger partial charge in [-0.05, 0) is 38.5 Å². The fraction of sp³-hybridized carbons (Fsp3) is 0.269. The van der Waals surface area contributed by atoms with Gasteiger partial charge in [-0.3, -0.25) is 9.55 Å². The number of aromatic amines is 1. The molecule has 2 heterocycles. The van der Waals surface area contributed by atoms with E-state index in [-0.39, 0.29) is 36.1 Å². The third-order valence-corrected chi connectivity index (χ3v) is 6.06. The van der Waals surface area contributed by atoms with E-state index in [1.54, 1.807) is 26.0 Å². The summed E-state index contributed by atoms with van der Waals surface area (Å²) < 4.78 is 8.29. The highest BCUT2D eigenvalue weighted by Crippen LogP contribution is 2.26. The monoisotopic (exact) mass is 523 g/mol. The number of hydrogen-bond donors (Lipinski definition) is 2. The van der Waals surface area contributed by atoms with Crippen LogP contribution in [0, 0.1) is 6.92 Å². The molecule has 1 aromatic carbocycles. The van der Waals surface area contributed by atoms with Gasteiger partial charge in [-0.1, -0.05) is 47.5 Å². The zero-order chi connectivity index (χ0) is 26.7. The Kier molecular flexibility index (Phi) is 7.58. The zero-order valence-corrected chi connectivity index (χ0v) is 21.3. The lowest BCUT2D eigenvalue weighted by Crippen LogP contribution is -2.51. The van der Waals surface area contributed by atoms with Crippen LogP contribution < -0.4 is 21.7 Å². The minimum absolute atomic E-state index is 0.0396. The van der Waals surface area contributed by atoms with Crippen molar-refractivity contribution in [1.29, 1.82) is 0 Å². The maximum Gasteiger partial charge on any atom is 0.337 e. The molecule has 0 aliphatic heterocycles. The average Bonchev–Trinajstić information content (AvgIpc) is 2.84. The van der Waals surface area contributed by atoms with E-state index in [0.717, 1.165) is 15.7 Å². The highest BCUT2D eigenvalue weighted by atomic mass is 35.5. The van der Waals surface area contributed by atoms with Crippen molar-refractivity contribution >= 4 is 17.6 Å². The Balaban J connectivity index is 1.65. The van der Waals surface area contributed by atoms with E-state index in [0.29, 0.717) is 10.8 Å². The number of nitrogens with one attached hydrogen (secondary N) is 1. The second-order valence-electron chi connectivity index (χ2n) is 8.89. The molecule has 0 saturated heterocycles. The molecule has 1 aliphatic rings. The van der Waals surface area contributed by atoms with Crippen LogP contribution in [0.15, 0.2) is 80.1 Å². The number of aromatic carboxylic acids is 1. The zero-order valence-electron chi connectivity index (χ0n) is 20.5. The van der Waals surface area contributed by atoms with E-state index < -0.39 is 23.4 Å². The molecule has 3 aromatic rings. The molecule has 1 aliphatic carbocycles. The Morgan fingerprint density at radius 2 is 1.97 bits per heavy atom. The number of rotatable bonds is 7. The molecule has 0 spiro atoms. The molecular weight excluding hydrogens is 498 g/mol. The number of pyridine rings is 1. The summed E-state index contributed by atoms with van der Waals surface area (Å²) in [5.74, 6) is -0.548. The van der Waals surface area contributed by atoms with Crippen LogP contribution in [-0.2, 0) is 6.54 Å². The molecule has 0 fully saturated rings. The van der Waals surface area contributed by atoms with Crippen LogP contribution in [0.4, 0.5) is 0 Å². The van der Waals surface area contributed by atoms with Gasteiger partial charge >= 0.3 is 17.3 Å². The van der Waals surface area contributed by atoms with Crippen molar-refractivity contribution in [3.05, 3.63) is 109 Å². The smallest absolute Gasteiger partial charge is 0.337 e. The lowest BCUT2D eigenvalue weighted by Gasteiger charge is -2.17. The number of carboxylic acid groups (broad SMARTS) is 1. The lowest BCUT2D eigenvalue weighted by molar-refractivity contribution is 0.0696. The summed E-state index contributed by atoms with van der Waals surface area (Å²) in [4.78, 5) is 48.3. The van der Waals surface area contributed by atoms with Crippen LogP contribution in [0.2, 0.25) is 0 Å². The van der Waals surface area contributed by atoms with E-state index >= 15 is 0 Å². The van der Waals surface area contributed by atoms with E-state index in [9.17, 15) is 14.4 Å². The van der Waals surface area contributed by atoms with Crippen LogP contribution in [-0.4, -0.2) is 36.2 Å². The number of benzene rings is 1. The molecule has 0 radical (unpaired) electrons. The molecule has 11 heteroatoms. The number of aromatic nitrogens is 4. The number of nitrogens with zero attached hydrogens (tertiary/aromatic N) is 4. The lowest BCUT2D eigenvalue weighted by atomic mass is 10.1. The van der Waals surface area contributed by atoms with Gasteiger partial charge in [0.15, 0.2) is 0 Å². The van der Waals surface area contributed by atoms with Crippen molar-refractivity contribution in [2.75, 3.05) is 0 Å². The summed E-state index contributed by atoms with van der Waals surface area (Å²) in [5.41, 5.74) is 1.17.